The van der Waals surface area contributed by atoms with E-state index in [0.717, 1.165) is 37.2 Å². The number of hydrogen-bond donors (Lipinski definition) is 1. The van der Waals surface area contributed by atoms with Crippen LogP contribution in [0.25, 0.3) is 11.4 Å². The molecule has 1 aliphatic carbocycles. The van der Waals surface area contributed by atoms with E-state index in [0.29, 0.717) is 24.6 Å². The van der Waals surface area contributed by atoms with Gasteiger partial charge in [0.1, 0.15) is 11.4 Å². The highest BCUT2D eigenvalue weighted by Gasteiger charge is 2.38. The van der Waals surface area contributed by atoms with E-state index in [1.54, 1.807) is 0 Å². The van der Waals surface area contributed by atoms with Gasteiger partial charge in [0.05, 0.1) is 6.61 Å². The Morgan fingerprint density at radius 1 is 1.20 bits per heavy atom. The number of rotatable bonds is 2. The second-order valence-electron chi connectivity index (χ2n) is 5.58. The van der Waals surface area contributed by atoms with E-state index in [1.807, 2.05) is 18.2 Å². The number of fused-ring (bicyclic) bond motifs is 1. The van der Waals surface area contributed by atoms with Crippen LogP contribution in [0.2, 0.25) is 0 Å². The van der Waals surface area contributed by atoms with E-state index in [2.05, 4.69) is 10.1 Å². The zero-order chi connectivity index (χ0) is 13.6. The van der Waals surface area contributed by atoms with Crippen LogP contribution in [0.5, 0.6) is 5.75 Å². The van der Waals surface area contributed by atoms with E-state index in [-0.39, 0.29) is 0 Å². The lowest BCUT2D eigenvalue weighted by atomic mass is 10.0. The molecule has 0 bridgehead atoms. The number of aliphatic hydroxyl groups is 1. The van der Waals surface area contributed by atoms with E-state index in [4.69, 9.17) is 9.26 Å². The topological polar surface area (TPSA) is 68.4 Å². The first kappa shape index (κ1) is 11.9. The lowest BCUT2D eigenvalue weighted by molar-refractivity contribution is 0.0112. The summed E-state index contributed by atoms with van der Waals surface area (Å²) in [6, 6.07) is 5.91. The number of nitrogens with zero attached hydrogens (tertiary/aromatic N) is 2. The van der Waals surface area contributed by atoms with E-state index < -0.39 is 5.60 Å². The summed E-state index contributed by atoms with van der Waals surface area (Å²) in [6.45, 7) is 0.732. The molecule has 5 heteroatoms. The van der Waals surface area contributed by atoms with Crippen molar-refractivity contribution in [3.63, 3.8) is 0 Å². The van der Waals surface area contributed by atoms with Gasteiger partial charge in [-0.25, -0.2) is 0 Å². The monoisotopic (exact) mass is 272 g/mol. The lowest BCUT2D eigenvalue weighted by Gasteiger charge is -2.15. The Morgan fingerprint density at radius 2 is 2.05 bits per heavy atom. The van der Waals surface area contributed by atoms with Crippen molar-refractivity contribution in [2.75, 3.05) is 6.61 Å². The van der Waals surface area contributed by atoms with Crippen LogP contribution >= 0.6 is 0 Å². The highest BCUT2D eigenvalue weighted by molar-refractivity contribution is 5.59. The molecule has 1 aliphatic heterocycles. The summed E-state index contributed by atoms with van der Waals surface area (Å²) < 4.78 is 10.8. The molecule has 1 aromatic carbocycles. The molecule has 1 N–H and O–H groups in total. The minimum Gasteiger partial charge on any atom is -0.493 e. The van der Waals surface area contributed by atoms with Crippen molar-refractivity contribution < 1.29 is 14.4 Å². The van der Waals surface area contributed by atoms with Crippen molar-refractivity contribution >= 4 is 0 Å². The third kappa shape index (κ3) is 1.81. The Labute approximate surface area is 116 Å². The molecule has 5 nitrogen and oxygen atoms in total. The van der Waals surface area contributed by atoms with Gasteiger partial charge in [-0.3, -0.25) is 0 Å². The summed E-state index contributed by atoms with van der Waals surface area (Å²) in [4.78, 5) is 4.39. The number of hydrogen-bond acceptors (Lipinski definition) is 5. The zero-order valence-corrected chi connectivity index (χ0v) is 11.1. The molecule has 2 aliphatic rings. The third-order valence-electron chi connectivity index (χ3n) is 4.20. The molecule has 1 aromatic heterocycles. The largest absolute Gasteiger partial charge is 0.493 e. The first-order chi connectivity index (χ1) is 9.74. The Bertz CT molecular complexity index is 644. The van der Waals surface area contributed by atoms with Gasteiger partial charge in [0.2, 0.25) is 5.82 Å². The van der Waals surface area contributed by atoms with Gasteiger partial charge in [-0.2, -0.15) is 4.98 Å². The first-order valence-electron chi connectivity index (χ1n) is 7.07. The van der Waals surface area contributed by atoms with Crippen molar-refractivity contribution in [2.45, 2.75) is 37.7 Å². The molecular formula is C15H16N2O3. The van der Waals surface area contributed by atoms with Gasteiger partial charge in [-0.15, -0.1) is 0 Å². The van der Waals surface area contributed by atoms with Crippen molar-refractivity contribution in [3.8, 4) is 17.1 Å². The van der Waals surface area contributed by atoms with Gasteiger partial charge >= 0.3 is 0 Å². The minimum absolute atomic E-state index is 0.349. The molecule has 0 amide bonds. The van der Waals surface area contributed by atoms with Gasteiger partial charge in [-0.05, 0) is 49.4 Å². The van der Waals surface area contributed by atoms with E-state index in [9.17, 15) is 5.11 Å². The van der Waals surface area contributed by atoms with Gasteiger partial charge < -0.3 is 14.4 Å². The molecule has 1 fully saturated rings. The molecular weight excluding hydrogens is 256 g/mol. The predicted octanol–water partition coefficient (Wildman–Crippen LogP) is 2.43. The summed E-state index contributed by atoms with van der Waals surface area (Å²) in [6.07, 6.45) is 4.33. The molecule has 20 heavy (non-hydrogen) atoms. The summed E-state index contributed by atoms with van der Waals surface area (Å²) in [5, 5.41) is 14.5. The molecule has 2 heterocycles. The second kappa shape index (κ2) is 4.31. The molecule has 0 unspecified atom stereocenters. The fraction of sp³-hybridized carbons (Fsp3) is 0.467. The van der Waals surface area contributed by atoms with Crippen LogP contribution in [0.1, 0.15) is 37.1 Å². The fourth-order valence-electron chi connectivity index (χ4n) is 3.03. The predicted molar refractivity (Wildman–Crippen MR) is 71.3 cm³/mol. The van der Waals surface area contributed by atoms with E-state index >= 15 is 0 Å². The zero-order valence-electron chi connectivity index (χ0n) is 11.1. The van der Waals surface area contributed by atoms with Crippen LogP contribution in [0.15, 0.2) is 22.7 Å². The maximum atomic E-state index is 10.5. The average molecular weight is 272 g/mol. The van der Waals surface area contributed by atoms with Crippen LogP contribution in [0.3, 0.4) is 0 Å². The van der Waals surface area contributed by atoms with E-state index in [1.165, 1.54) is 5.56 Å². The molecule has 0 saturated heterocycles. The fourth-order valence-corrected chi connectivity index (χ4v) is 3.03. The minimum atomic E-state index is -0.926. The third-order valence-corrected chi connectivity index (χ3v) is 4.20. The molecule has 0 radical (unpaired) electrons. The van der Waals surface area contributed by atoms with Crippen LogP contribution < -0.4 is 4.74 Å². The Morgan fingerprint density at radius 3 is 2.90 bits per heavy atom. The summed E-state index contributed by atoms with van der Waals surface area (Å²) in [5.41, 5.74) is 1.16. The van der Waals surface area contributed by atoms with Crippen LogP contribution in [-0.2, 0) is 12.0 Å². The maximum Gasteiger partial charge on any atom is 0.258 e. The quantitative estimate of drug-likeness (QED) is 0.909. The van der Waals surface area contributed by atoms with Crippen molar-refractivity contribution in [1.82, 2.24) is 10.1 Å². The summed E-state index contributed by atoms with van der Waals surface area (Å²) >= 11 is 0. The Hall–Kier alpha value is -1.88. The molecule has 1 saturated carbocycles. The summed E-state index contributed by atoms with van der Waals surface area (Å²) in [5.74, 6) is 1.82. The first-order valence-corrected chi connectivity index (χ1v) is 7.07. The molecule has 0 atom stereocenters. The smallest absolute Gasteiger partial charge is 0.258 e. The van der Waals surface area contributed by atoms with Crippen molar-refractivity contribution in [3.05, 3.63) is 29.7 Å². The average Bonchev–Trinajstić information content (AvgIpc) is 3.18. The number of ether oxygens (including phenoxy) is 1. The molecule has 4 rings (SSSR count). The molecule has 0 spiro atoms. The van der Waals surface area contributed by atoms with Gasteiger partial charge in [0, 0.05) is 12.0 Å². The lowest BCUT2D eigenvalue weighted by Crippen LogP contribution is -2.21. The van der Waals surface area contributed by atoms with Gasteiger partial charge in [-0.1, -0.05) is 5.16 Å². The molecule has 2 aromatic rings. The van der Waals surface area contributed by atoms with Crippen LogP contribution in [0, 0.1) is 0 Å². The molecule has 104 valence electrons. The summed E-state index contributed by atoms with van der Waals surface area (Å²) in [7, 11) is 0. The second-order valence-corrected chi connectivity index (χ2v) is 5.58. The Balaban J connectivity index is 1.68. The van der Waals surface area contributed by atoms with Crippen LogP contribution in [-0.4, -0.2) is 21.9 Å². The highest BCUT2D eigenvalue weighted by Crippen LogP contribution is 2.38. The number of aromatic nitrogens is 2. The highest BCUT2D eigenvalue weighted by atomic mass is 16.5. The van der Waals surface area contributed by atoms with Crippen LogP contribution in [0.4, 0.5) is 0 Å². The van der Waals surface area contributed by atoms with Crippen molar-refractivity contribution in [2.24, 2.45) is 0 Å². The van der Waals surface area contributed by atoms with Gasteiger partial charge in [0.25, 0.3) is 5.89 Å². The SMILES string of the molecule is OC1(c2nc(-c3ccc4c(c3)CCO4)no2)CCCC1. The van der Waals surface area contributed by atoms with Gasteiger partial charge in [0.15, 0.2) is 0 Å². The standard InChI is InChI=1S/C15H16N2O3/c18-15(6-1-2-7-15)14-16-13(17-20-14)11-3-4-12-10(9-11)5-8-19-12/h3-4,9,18H,1-2,5-8H2. The normalized spacial score (nSPS) is 19.9. The number of benzene rings is 1. The Kier molecular flexibility index (Phi) is 2.57. The maximum absolute atomic E-state index is 10.5. The van der Waals surface area contributed by atoms with Crippen molar-refractivity contribution in [1.29, 1.82) is 0 Å².